The SMILES string of the molecule is C=CC.C=Cc1ccccc1.CCCC1(OC)C(N)(N)CCC[Si]1(OC)OC.Cl. The van der Waals surface area contributed by atoms with Crippen LogP contribution >= 0.6 is 12.4 Å². The zero-order valence-corrected chi connectivity index (χ0v) is 20.6. The average molecular weight is 445 g/mol. The Kier molecular flexibility index (Phi) is 15.5. The summed E-state index contributed by atoms with van der Waals surface area (Å²) in [5.74, 6) is 0. The molecule has 1 aromatic carbocycles. The minimum atomic E-state index is -2.54. The molecule has 1 atom stereocenters. The summed E-state index contributed by atoms with van der Waals surface area (Å²) in [6.45, 7) is 11.0. The summed E-state index contributed by atoms with van der Waals surface area (Å²) in [6.07, 6.45) is 6.95. The van der Waals surface area contributed by atoms with Crippen molar-refractivity contribution < 1.29 is 13.6 Å². The van der Waals surface area contributed by atoms with Gasteiger partial charge in [0.05, 0.1) is 5.66 Å². The molecule has 0 spiro atoms. The van der Waals surface area contributed by atoms with E-state index in [0.29, 0.717) is 0 Å². The summed E-state index contributed by atoms with van der Waals surface area (Å²) in [7, 11) is 2.49. The minimum absolute atomic E-state index is 0. The molecular weight excluding hydrogens is 404 g/mol. The summed E-state index contributed by atoms with van der Waals surface area (Å²) in [5.41, 5.74) is 12.9. The van der Waals surface area contributed by atoms with Gasteiger partial charge in [-0.3, -0.25) is 0 Å². The molecule has 1 heterocycles. The van der Waals surface area contributed by atoms with Crippen LogP contribution in [0.15, 0.2) is 49.6 Å². The van der Waals surface area contributed by atoms with Crippen molar-refractivity contribution in [3.05, 3.63) is 55.1 Å². The van der Waals surface area contributed by atoms with Gasteiger partial charge in [0.2, 0.25) is 0 Å². The highest BCUT2D eigenvalue weighted by Crippen LogP contribution is 2.45. The van der Waals surface area contributed by atoms with Gasteiger partial charge >= 0.3 is 8.56 Å². The maximum atomic E-state index is 6.31. The van der Waals surface area contributed by atoms with E-state index in [9.17, 15) is 0 Å². The van der Waals surface area contributed by atoms with E-state index in [1.54, 1.807) is 27.4 Å². The van der Waals surface area contributed by atoms with Crippen LogP contribution in [0.25, 0.3) is 6.08 Å². The van der Waals surface area contributed by atoms with Crippen LogP contribution in [-0.4, -0.2) is 40.8 Å². The van der Waals surface area contributed by atoms with E-state index in [-0.39, 0.29) is 12.4 Å². The van der Waals surface area contributed by atoms with Crippen LogP contribution in [-0.2, 0) is 13.6 Å². The summed E-state index contributed by atoms with van der Waals surface area (Å²) < 4.78 is 17.3. The first kappa shape index (κ1) is 30.2. The Labute approximate surface area is 185 Å². The van der Waals surface area contributed by atoms with Gasteiger partial charge in [0.25, 0.3) is 0 Å². The van der Waals surface area contributed by atoms with E-state index in [2.05, 4.69) is 20.1 Å². The summed E-state index contributed by atoms with van der Waals surface area (Å²) in [5, 5.41) is -0.670. The molecule has 5 nitrogen and oxygen atoms in total. The smallest absolute Gasteiger partial charge is 0.374 e. The normalized spacial score (nSPS) is 21.2. The molecule has 168 valence electrons. The van der Waals surface area contributed by atoms with Crippen LogP contribution in [0.1, 0.15) is 45.1 Å². The zero-order chi connectivity index (χ0) is 21.7. The van der Waals surface area contributed by atoms with Crippen molar-refractivity contribution in [1.82, 2.24) is 0 Å². The monoisotopic (exact) mass is 444 g/mol. The van der Waals surface area contributed by atoms with E-state index in [1.807, 2.05) is 43.3 Å². The number of methoxy groups -OCH3 is 1. The first-order valence-corrected chi connectivity index (χ1v) is 11.8. The largest absolute Gasteiger partial charge is 0.396 e. The maximum absolute atomic E-state index is 6.31. The molecule has 0 bridgehead atoms. The molecule has 1 aliphatic rings. The first-order valence-electron chi connectivity index (χ1n) is 9.78. The highest BCUT2D eigenvalue weighted by atomic mass is 35.5. The molecule has 1 fully saturated rings. The van der Waals surface area contributed by atoms with Crippen molar-refractivity contribution in [2.75, 3.05) is 21.3 Å². The third kappa shape index (κ3) is 7.33. The molecule has 4 N–H and O–H groups in total. The molecule has 0 saturated carbocycles. The van der Waals surface area contributed by atoms with Crippen LogP contribution in [0.4, 0.5) is 0 Å². The fraction of sp³-hybridized carbons (Fsp3) is 0.545. The van der Waals surface area contributed by atoms with E-state index in [0.717, 1.165) is 31.7 Å². The second-order valence-electron chi connectivity index (χ2n) is 6.86. The lowest BCUT2D eigenvalue weighted by Gasteiger charge is -2.55. The van der Waals surface area contributed by atoms with E-state index in [1.165, 1.54) is 5.56 Å². The lowest BCUT2D eigenvalue weighted by molar-refractivity contribution is -0.0652. The fourth-order valence-electron chi connectivity index (χ4n) is 3.80. The Morgan fingerprint density at radius 2 is 1.62 bits per heavy atom. The number of ether oxygens (including phenoxy) is 1. The molecule has 1 saturated heterocycles. The standard InChI is InChI=1S/C11H26N2O3Si.C8H8.C3H6.ClH/c1-5-7-11(14-2)10(12,13)8-6-9-17(11,15-3)16-4;1-2-8-6-4-3-5-7-8;1-3-2;/h5-9,12-13H2,1-4H3;2-7H,1H2;3H,1H2,2H3;1H. The number of hydrogen-bond donors (Lipinski definition) is 2. The Morgan fingerprint density at radius 1 is 1.10 bits per heavy atom. The Bertz CT molecular complexity index is 568. The highest BCUT2D eigenvalue weighted by Gasteiger charge is 2.67. The van der Waals surface area contributed by atoms with Gasteiger partial charge in [-0.25, -0.2) is 0 Å². The molecule has 1 aromatic rings. The van der Waals surface area contributed by atoms with E-state index >= 15 is 0 Å². The third-order valence-corrected chi connectivity index (χ3v) is 9.59. The third-order valence-electron chi connectivity index (χ3n) is 5.11. The molecule has 1 aliphatic heterocycles. The number of halogens is 1. The van der Waals surface area contributed by atoms with Crippen LogP contribution in [0.3, 0.4) is 0 Å². The number of allylic oxidation sites excluding steroid dienone is 1. The van der Waals surface area contributed by atoms with Crippen molar-refractivity contribution >= 4 is 27.0 Å². The lowest BCUT2D eigenvalue weighted by Crippen LogP contribution is -2.81. The van der Waals surface area contributed by atoms with Crippen molar-refractivity contribution in [3.63, 3.8) is 0 Å². The average Bonchev–Trinajstić information content (AvgIpc) is 2.71. The van der Waals surface area contributed by atoms with Gasteiger partial charge in [-0.05, 0) is 37.8 Å². The quantitative estimate of drug-likeness (QED) is 0.374. The molecule has 0 amide bonds. The molecule has 0 radical (unpaired) electrons. The molecule has 7 heteroatoms. The van der Waals surface area contributed by atoms with Crippen LogP contribution in [0.5, 0.6) is 0 Å². The van der Waals surface area contributed by atoms with Crippen molar-refractivity contribution in [1.29, 1.82) is 0 Å². The van der Waals surface area contributed by atoms with Gasteiger partial charge < -0.3 is 25.1 Å². The Hall–Kier alpha value is -0.993. The molecule has 0 aromatic heterocycles. The van der Waals surface area contributed by atoms with Crippen LogP contribution in [0.2, 0.25) is 6.04 Å². The predicted octanol–water partition coefficient (Wildman–Crippen LogP) is 4.80. The molecule has 0 aliphatic carbocycles. The number of rotatable bonds is 6. The first-order chi connectivity index (χ1) is 13.3. The Balaban J connectivity index is 0. The second-order valence-corrected chi connectivity index (χ2v) is 10.5. The number of nitrogens with two attached hydrogens (primary N) is 2. The summed E-state index contributed by atoms with van der Waals surface area (Å²) in [6, 6.07) is 10.9. The van der Waals surface area contributed by atoms with Gasteiger partial charge in [-0.1, -0.05) is 62.4 Å². The second kappa shape index (κ2) is 14.9. The van der Waals surface area contributed by atoms with Gasteiger partial charge in [0, 0.05) is 21.3 Å². The van der Waals surface area contributed by atoms with Crippen molar-refractivity contribution in [2.45, 2.75) is 56.5 Å². The topological polar surface area (TPSA) is 79.7 Å². The molecule has 1 unspecified atom stereocenters. The molecule has 2 rings (SSSR count). The number of hydrogen-bond acceptors (Lipinski definition) is 5. The number of benzene rings is 1. The molecule has 29 heavy (non-hydrogen) atoms. The predicted molar refractivity (Wildman–Crippen MR) is 129 cm³/mol. The zero-order valence-electron chi connectivity index (χ0n) is 18.8. The lowest BCUT2D eigenvalue weighted by atomic mass is 9.94. The summed E-state index contributed by atoms with van der Waals surface area (Å²) in [4.78, 5) is 0. The van der Waals surface area contributed by atoms with Crippen molar-refractivity contribution in [3.8, 4) is 0 Å². The van der Waals surface area contributed by atoms with Crippen LogP contribution in [0, 0.1) is 0 Å². The van der Waals surface area contributed by atoms with Gasteiger partial charge in [0.15, 0.2) is 0 Å². The van der Waals surface area contributed by atoms with Gasteiger partial charge in [-0.2, -0.15) is 0 Å². The fourth-order valence-corrected chi connectivity index (χ4v) is 7.86. The molecular formula is C22H41ClN2O3Si. The van der Waals surface area contributed by atoms with Crippen LogP contribution < -0.4 is 11.5 Å². The van der Waals surface area contributed by atoms with Gasteiger partial charge in [0.1, 0.15) is 5.22 Å². The van der Waals surface area contributed by atoms with E-state index < -0.39 is 19.4 Å². The minimum Gasteiger partial charge on any atom is -0.396 e. The highest BCUT2D eigenvalue weighted by molar-refractivity contribution is 6.71. The van der Waals surface area contributed by atoms with E-state index in [4.69, 9.17) is 25.1 Å². The maximum Gasteiger partial charge on any atom is 0.374 e. The van der Waals surface area contributed by atoms with Gasteiger partial charge in [-0.15, -0.1) is 19.0 Å². The Morgan fingerprint density at radius 3 is 1.97 bits per heavy atom. The summed E-state index contributed by atoms with van der Waals surface area (Å²) >= 11 is 0. The van der Waals surface area contributed by atoms with Crippen molar-refractivity contribution in [2.24, 2.45) is 11.5 Å².